The third-order valence-electron chi connectivity index (χ3n) is 2.64. The summed E-state index contributed by atoms with van der Waals surface area (Å²) in [7, 11) is 1.89. The van der Waals surface area contributed by atoms with Crippen LogP contribution in [0.2, 0.25) is 0 Å². The quantitative estimate of drug-likeness (QED) is 0.918. The van der Waals surface area contributed by atoms with Crippen LogP contribution in [0.4, 0.5) is 0 Å². The van der Waals surface area contributed by atoms with Crippen molar-refractivity contribution >= 4 is 15.9 Å². The second kappa shape index (κ2) is 4.39. The molecule has 2 rings (SSSR count). The maximum Gasteiger partial charge on any atom is 0.0583 e. The molecule has 4 heteroatoms. The number of rotatable bonds is 2. The Kier molecular flexibility index (Phi) is 3.12. The summed E-state index contributed by atoms with van der Waals surface area (Å²) in [6.45, 7) is 2.06. The molecular formula is C12H14BrN3. The van der Waals surface area contributed by atoms with Gasteiger partial charge in [-0.3, -0.25) is 4.68 Å². The highest BCUT2D eigenvalue weighted by Crippen LogP contribution is 2.24. The van der Waals surface area contributed by atoms with Crippen molar-refractivity contribution in [1.82, 2.24) is 9.78 Å². The lowest BCUT2D eigenvalue weighted by Crippen LogP contribution is -2.11. The van der Waals surface area contributed by atoms with Gasteiger partial charge < -0.3 is 5.73 Å². The Bertz CT molecular complexity index is 505. The second-order valence-electron chi connectivity index (χ2n) is 3.93. The van der Waals surface area contributed by atoms with Crippen LogP contribution in [0.1, 0.15) is 22.7 Å². The smallest absolute Gasteiger partial charge is 0.0583 e. The zero-order chi connectivity index (χ0) is 11.7. The van der Waals surface area contributed by atoms with Gasteiger partial charge in [0.1, 0.15) is 0 Å². The molecule has 1 aromatic carbocycles. The zero-order valence-corrected chi connectivity index (χ0v) is 10.9. The first-order valence-electron chi connectivity index (χ1n) is 5.08. The van der Waals surface area contributed by atoms with E-state index in [0.717, 1.165) is 15.6 Å². The fraction of sp³-hybridized carbons (Fsp3) is 0.250. The van der Waals surface area contributed by atoms with Crippen molar-refractivity contribution in [3.05, 3.63) is 51.8 Å². The molecule has 0 bridgehead atoms. The molecular weight excluding hydrogens is 266 g/mol. The first-order valence-corrected chi connectivity index (χ1v) is 5.87. The minimum absolute atomic E-state index is 0.120. The molecule has 3 nitrogen and oxygen atoms in total. The van der Waals surface area contributed by atoms with E-state index in [1.54, 1.807) is 10.9 Å². The molecule has 0 amide bonds. The Morgan fingerprint density at radius 1 is 1.38 bits per heavy atom. The minimum Gasteiger partial charge on any atom is -0.320 e. The van der Waals surface area contributed by atoms with Crippen LogP contribution in [0.5, 0.6) is 0 Å². The van der Waals surface area contributed by atoms with Gasteiger partial charge >= 0.3 is 0 Å². The summed E-state index contributed by atoms with van der Waals surface area (Å²) in [6, 6.07) is 6.06. The molecule has 0 saturated heterocycles. The van der Waals surface area contributed by atoms with Crippen molar-refractivity contribution in [2.75, 3.05) is 0 Å². The molecule has 0 spiro atoms. The number of nitrogens with two attached hydrogens (primary N) is 1. The highest BCUT2D eigenvalue weighted by Gasteiger charge is 2.11. The molecule has 0 aliphatic carbocycles. The van der Waals surface area contributed by atoms with Crippen molar-refractivity contribution in [1.29, 1.82) is 0 Å². The average Bonchev–Trinajstić information content (AvgIpc) is 2.68. The summed E-state index contributed by atoms with van der Waals surface area (Å²) in [6.07, 6.45) is 3.75. The van der Waals surface area contributed by atoms with Gasteiger partial charge in [0.25, 0.3) is 0 Å². The first kappa shape index (κ1) is 11.4. The van der Waals surface area contributed by atoms with E-state index in [0.29, 0.717) is 0 Å². The second-order valence-corrected chi connectivity index (χ2v) is 4.79. The van der Waals surface area contributed by atoms with Crippen LogP contribution in [0.3, 0.4) is 0 Å². The van der Waals surface area contributed by atoms with E-state index in [2.05, 4.69) is 46.2 Å². The number of hydrogen-bond acceptors (Lipinski definition) is 2. The monoisotopic (exact) mass is 279 g/mol. The van der Waals surface area contributed by atoms with Gasteiger partial charge in [-0.25, -0.2) is 0 Å². The minimum atomic E-state index is -0.120. The van der Waals surface area contributed by atoms with Crippen LogP contribution in [-0.2, 0) is 7.05 Å². The molecule has 1 heterocycles. The average molecular weight is 280 g/mol. The Morgan fingerprint density at radius 3 is 2.69 bits per heavy atom. The number of hydrogen-bond donors (Lipinski definition) is 1. The predicted octanol–water partition coefficient (Wildman–Crippen LogP) is 2.54. The van der Waals surface area contributed by atoms with E-state index in [-0.39, 0.29) is 6.04 Å². The molecule has 0 fully saturated rings. The zero-order valence-electron chi connectivity index (χ0n) is 9.31. The summed E-state index contributed by atoms with van der Waals surface area (Å²) in [5, 5.41) is 4.13. The van der Waals surface area contributed by atoms with E-state index in [1.165, 1.54) is 5.56 Å². The number of aromatic nitrogens is 2. The molecule has 0 aliphatic heterocycles. The third kappa shape index (κ3) is 2.18. The lowest BCUT2D eigenvalue weighted by atomic mass is 10.0. The maximum absolute atomic E-state index is 6.17. The maximum atomic E-state index is 6.17. The number of benzene rings is 1. The molecule has 0 radical (unpaired) electrons. The molecule has 1 aromatic heterocycles. The molecule has 2 aromatic rings. The van der Waals surface area contributed by atoms with Gasteiger partial charge in [-0.15, -0.1) is 0 Å². The predicted molar refractivity (Wildman–Crippen MR) is 68.1 cm³/mol. The number of nitrogens with zero attached hydrogens (tertiary/aromatic N) is 2. The van der Waals surface area contributed by atoms with Gasteiger partial charge in [0, 0.05) is 23.3 Å². The summed E-state index contributed by atoms with van der Waals surface area (Å²) in [5.74, 6) is 0. The molecule has 0 saturated carbocycles. The van der Waals surface area contributed by atoms with Gasteiger partial charge in [0.15, 0.2) is 0 Å². The first-order chi connectivity index (χ1) is 7.58. The molecule has 1 atom stereocenters. The Labute approximate surface area is 103 Å². The fourth-order valence-corrected chi connectivity index (χ4v) is 1.99. The Morgan fingerprint density at radius 2 is 2.12 bits per heavy atom. The van der Waals surface area contributed by atoms with E-state index < -0.39 is 0 Å². The number of halogens is 1. The lowest BCUT2D eigenvalue weighted by molar-refractivity contribution is 0.765. The van der Waals surface area contributed by atoms with Gasteiger partial charge in [-0.05, 0) is 24.1 Å². The third-order valence-corrected chi connectivity index (χ3v) is 3.49. The SMILES string of the molecule is Cc1ccc(C(N)c2cnn(C)c2)cc1Br. The topological polar surface area (TPSA) is 43.8 Å². The van der Waals surface area contributed by atoms with Crippen molar-refractivity contribution in [3.8, 4) is 0 Å². The highest BCUT2D eigenvalue weighted by molar-refractivity contribution is 9.10. The van der Waals surface area contributed by atoms with Crippen LogP contribution >= 0.6 is 15.9 Å². The van der Waals surface area contributed by atoms with Crippen LogP contribution in [0.25, 0.3) is 0 Å². The fourth-order valence-electron chi connectivity index (χ4n) is 1.60. The molecule has 16 heavy (non-hydrogen) atoms. The van der Waals surface area contributed by atoms with Gasteiger partial charge in [-0.1, -0.05) is 28.1 Å². The standard InChI is InChI=1S/C12H14BrN3/c1-8-3-4-9(5-11(8)13)12(14)10-6-15-16(2)7-10/h3-7,12H,14H2,1-2H3. The van der Waals surface area contributed by atoms with E-state index in [9.17, 15) is 0 Å². The van der Waals surface area contributed by atoms with E-state index >= 15 is 0 Å². The van der Waals surface area contributed by atoms with Crippen LogP contribution in [0.15, 0.2) is 35.1 Å². The number of aryl methyl sites for hydroxylation is 2. The van der Waals surface area contributed by atoms with Crippen LogP contribution < -0.4 is 5.73 Å². The molecule has 1 unspecified atom stereocenters. The summed E-state index contributed by atoms with van der Waals surface area (Å²) >= 11 is 3.52. The molecule has 0 aliphatic rings. The Balaban J connectivity index is 2.33. The van der Waals surface area contributed by atoms with E-state index in [4.69, 9.17) is 5.73 Å². The summed E-state index contributed by atoms with van der Waals surface area (Å²) in [4.78, 5) is 0. The summed E-state index contributed by atoms with van der Waals surface area (Å²) < 4.78 is 2.85. The summed E-state index contributed by atoms with van der Waals surface area (Å²) in [5.41, 5.74) is 9.50. The lowest BCUT2D eigenvalue weighted by Gasteiger charge is -2.11. The normalized spacial score (nSPS) is 12.8. The van der Waals surface area contributed by atoms with Gasteiger partial charge in [0.2, 0.25) is 0 Å². The van der Waals surface area contributed by atoms with Crippen molar-refractivity contribution in [2.45, 2.75) is 13.0 Å². The van der Waals surface area contributed by atoms with Crippen LogP contribution in [-0.4, -0.2) is 9.78 Å². The highest BCUT2D eigenvalue weighted by atomic mass is 79.9. The van der Waals surface area contributed by atoms with E-state index in [1.807, 2.05) is 13.2 Å². The largest absolute Gasteiger partial charge is 0.320 e. The van der Waals surface area contributed by atoms with Crippen molar-refractivity contribution in [2.24, 2.45) is 12.8 Å². The van der Waals surface area contributed by atoms with Gasteiger partial charge in [0.05, 0.1) is 12.2 Å². The molecule has 84 valence electrons. The van der Waals surface area contributed by atoms with Crippen molar-refractivity contribution in [3.63, 3.8) is 0 Å². The molecule has 2 N–H and O–H groups in total. The van der Waals surface area contributed by atoms with Gasteiger partial charge in [-0.2, -0.15) is 5.10 Å². The van der Waals surface area contributed by atoms with Crippen molar-refractivity contribution < 1.29 is 0 Å². The van der Waals surface area contributed by atoms with Crippen LogP contribution in [0, 0.1) is 6.92 Å². The Hall–Kier alpha value is -1.13.